The number of hydrogen-bond acceptors (Lipinski definition) is 3. The molecule has 0 aromatic rings. The molecule has 0 amide bonds. The van der Waals surface area contributed by atoms with E-state index in [0.717, 1.165) is 32.1 Å². The van der Waals surface area contributed by atoms with E-state index in [9.17, 15) is 4.79 Å². The Kier molecular flexibility index (Phi) is 2.83. The number of ether oxygens (including phenoxy) is 2. The molecule has 18 heavy (non-hydrogen) atoms. The number of aldehydes is 1. The average Bonchev–Trinajstić information content (AvgIpc) is 2.76. The standard InChI is InChI=1S/C15H24O3/c1-13(2)5-3-6-14(11-16)10-15(7-4-12(13)14)17-8-9-18-15/h11-12H,3-10H2,1-2H3. The largest absolute Gasteiger partial charge is 0.348 e. The molecule has 0 aromatic heterocycles. The first-order valence-electron chi connectivity index (χ1n) is 7.26. The highest BCUT2D eigenvalue weighted by atomic mass is 16.7. The van der Waals surface area contributed by atoms with Crippen LogP contribution < -0.4 is 0 Å². The van der Waals surface area contributed by atoms with Crippen molar-refractivity contribution < 1.29 is 14.3 Å². The van der Waals surface area contributed by atoms with Crippen molar-refractivity contribution in [2.75, 3.05) is 13.2 Å². The Hall–Kier alpha value is -0.410. The first-order chi connectivity index (χ1) is 8.52. The highest BCUT2D eigenvalue weighted by Gasteiger charge is 2.58. The fraction of sp³-hybridized carbons (Fsp3) is 0.933. The normalized spacial score (nSPS) is 41.6. The molecular weight excluding hydrogens is 228 g/mol. The van der Waals surface area contributed by atoms with Gasteiger partial charge in [-0.05, 0) is 30.6 Å². The summed E-state index contributed by atoms with van der Waals surface area (Å²) in [6, 6.07) is 0. The molecule has 3 fully saturated rings. The summed E-state index contributed by atoms with van der Waals surface area (Å²) < 4.78 is 11.7. The van der Waals surface area contributed by atoms with Crippen molar-refractivity contribution in [3.8, 4) is 0 Å². The third kappa shape index (κ3) is 1.75. The maximum Gasteiger partial charge on any atom is 0.169 e. The molecule has 3 heteroatoms. The molecule has 2 unspecified atom stereocenters. The summed E-state index contributed by atoms with van der Waals surface area (Å²) in [5.74, 6) is 0.0554. The number of hydrogen-bond donors (Lipinski definition) is 0. The van der Waals surface area contributed by atoms with Gasteiger partial charge in [0.1, 0.15) is 6.29 Å². The monoisotopic (exact) mass is 252 g/mol. The zero-order valence-electron chi connectivity index (χ0n) is 11.5. The van der Waals surface area contributed by atoms with Crippen LogP contribution in [0.5, 0.6) is 0 Å². The Labute approximate surface area is 109 Å². The van der Waals surface area contributed by atoms with Gasteiger partial charge in [0.2, 0.25) is 0 Å². The van der Waals surface area contributed by atoms with E-state index in [2.05, 4.69) is 13.8 Å². The predicted molar refractivity (Wildman–Crippen MR) is 68.1 cm³/mol. The third-order valence-electron chi connectivity index (χ3n) is 5.56. The summed E-state index contributed by atoms with van der Waals surface area (Å²) in [6.07, 6.45) is 7.42. The van der Waals surface area contributed by atoms with E-state index in [1.807, 2.05) is 0 Å². The zero-order valence-corrected chi connectivity index (χ0v) is 11.5. The van der Waals surface area contributed by atoms with Crippen LogP contribution in [0.25, 0.3) is 0 Å². The van der Waals surface area contributed by atoms with Crippen LogP contribution in [0.2, 0.25) is 0 Å². The van der Waals surface area contributed by atoms with Gasteiger partial charge in [-0.15, -0.1) is 0 Å². The van der Waals surface area contributed by atoms with Crippen molar-refractivity contribution in [2.45, 2.75) is 58.2 Å². The van der Waals surface area contributed by atoms with Crippen LogP contribution in [0.1, 0.15) is 52.4 Å². The van der Waals surface area contributed by atoms with Gasteiger partial charge in [-0.2, -0.15) is 0 Å². The second-order valence-electron chi connectivity index (χ2n) is 7.07. The fourth-order valence-electron chi connectivity index (χ4n) is 4.77. The van der Waals surface area contributed by atoms with E-state index in [0.29, 0.717) is 19.1 Å². The van der Waals surface area contributed by atoms with Crippen molar-refractivity contribution >= 4 is 6.29 Å². The van der Waals surface area contributed by atoms with E-state index < -0.39 is 5.79 Å². The van der Waals surface area contributed by atoms with Crippen LogP contribution in [0, 0.1) is 16.7 Å². The molecule has 102 valence electrons. The van der Waals surface area contributed by atoms with Gasteiger partial charge in [0.05, 0.1) is 13.2 Å². The summed E-state index contributed by atoms with van der Waals surface area (Å²) in [6.45, 7) is 6.01. The molecule has 3 aliphatic rings. The molecule has 0 bridgehead atoms. The first kappa shape index (κ1) is 12.6. The molecular formula is C15H24O3. The lowest BCUT2D eigenvalue weighted by Gasteiger charge is -2.55. The van der Waals surface area contributed by atoms with Crippen LogP contribution in [0.3, 0.4) is 0 Å². The number of carbonyl (C=O) groups is 1. The maximum absolute atomic E-state index is 11.8. The molecule has 1 spiro atoms. The quantitative estimate of drug-likeness (QED) is 0.673. The average molecular weight is 252 g/mol. The van der Waals surface area contributed by atoms with Crippen LogP contribution >= 0.6 is 0 Å². The topological polar surface area (TPSA) is 35.5 Å². The molecule has 1 aliphatic heterocycles. The van der Waals surface area contributed by atoms with Gasteiger partial charge in [0.25, 0.3) is 0 Å². The third-order valence-corrected chi connectivity index (χ3v) is 5.56. The number of carbonyl (C=O) groups excluding carboxylic acids is 1. The van der Waals surface area contributed by atoms with Crippen LogP contribution in [-0.4, -0.2) is 25.3 Å². The number of rotatable bonds is 1. The molecule has 0 aromatic carbocycles. The van der Waals surface area contributed by atoms with E-state index in [1.165, 1.54) is 12.7 Å². The summed E-state index contributed by atoms with van der Waals surface area (Å²) >= 11 is 0. The second-order valence-corrected chi connectivity index (χ2v) is 7.07. The first-order valence-corrected chi connectivity index (χ1v) is 7.26. The van der Waals surface area contributed by atoms with Gasteiger partial charge < -0.3 is 14.3 Å². The summed E-state index contributed by atoms with van der Waals surface area (Å²) in [5, 5.41) is 0. The maximum atomic E-state index is 11.8. The Bertz CT molecular complexity index is 344. The molecule has 3 rings (SSSR count). The SMILES string of the molecule is CC1(C)CCCC2(C=O)CC3(CCC12)OCCO3. The van der Waals surface area contributed by atoms with Crippen molar-refractivity contribution in [3.63, 3.8) is 0 Å². The molecule has 0 radical (unpaired) electrons. The lowest BCUT2D eigenvalue weighted by atomic mass is 9.50. The van der Waals surface area contributed by atoms with Crippen molar-refractivity contribution in [2.24, 2.45) is 16.7 Å². The van der Waals surface area contributed by atoms with E-state index in [-0.39, 0.29) is 10.8 Å². The van der Waals surface area contributed by atoms with Crippen molar-refractivity contribution in [1.82, 2.24) is 0 Å². The van der Waals surface area contributed by atoms with E-state index in [4.69, 9.17) is 9.47 Å². The molecule has 2 atom stereocenters. The molecule has 1 saturated heterocycles. The van der Waals surface area contributed by atoms with Gasteiger partial charge >= 0.3 is 0 Å². The fourth-order valence-corrected chi connectivity index (χ4v) is 4.77. The van der Waals surface area contributed by atoms with Crippen LogP contribution in [0.4, 0.5) is 0 Å². The van der Waals surface area contributed by atoms with Gasteiger partial charge in [0.15, 0.2) is 5.79 Å². The highest BCUT2D eigenvalue weighted by Crippen LogP contribution is 2.60. The smallest absolute Gasteiger partial charge is 0.169 e. The minimum atomic E-state index is -0.440. The molecule has 1 heterocycles. The number of fused-ring (bicyclic) bond motifs is 1. The molecule has 2 aliphatic carbocycles. The van der Waals surface area contributed by atoms with Gasteiger partial charge in [-0.3, -0.25) is 0 Å². The van der Waals surface area contributed by atoms with Crippen molar-refractivity contribution in [3.05, 3.63) is 0 Å². The van der Waals surface area contributed by atoms with Gasteiger partial charge in [-0.25, -0.2) is 0 Å². The second kappa shape index (κ2) is 4.04. The zero-order chi connectivity index (χ0) is 12.9. The van der Waals surface area contributed by atoms with Crippen LogP contribution in [-0.2, 0) is 14.3 Å². The van der Waals surface area contributed by atoms with Gasteiger partial charge in [0, 0.05) is 18.3 Å². The van der Waals surface area contributed by atoms with Crippen LogP contribution in [0.15, 0.2) is 0 Å². The predicted octanol–water partition coefficient (Wildman–Crippen LogP) is 2.93. The molecule has 2 saturated carbocycles. The molecule has 3 nitrogen and oxygen atoms in total. The highest BCUT2D eigenvalue weighted by molar-refractivity contribution is 5.61. The molecule has 0 N–H and O–H groups in total. The minimum absolute atomic E-state index is 0.204. The Balaban J connectivity index is 1.91. The minimum Gasteiger partial charge on any atom is -0.348 e. The van der Waals surface area contributed by atoms with Crippen molar-refractivity contribution in [1.29, 1.82) is 0 Å². The summed E-state index contributed by atoms with van der Waals surface area (Å²) in [5.41, 5.74) is 0.0731. The van der Waals surface area contributed by atoms with E-state index >= 15 is 0 Å². The Morgan fingerprint density at radius 2 is 1.83 bits per heavy atom. The van der Waals surface area contributed by atoms with Gasteiger partial charge in [-0.1, -0.05) is 20.3 Å². The summed E-state index contributed by atoms with van der Waals surface area (Å²) in [4.78, 5) is 11.8. The summed E-state index contributed by atoms with van der Waals surface area (Å²) in [7, 11) is 0. The Morgan fingerprint density at radius 1 is 1.11 bits per heavy atom. The lowest BCUT2D eigenvalue weighted by molar-refractivity contribution is -0.225. The lowest BCUT2D eigenvalue weighted by Crippen LogP contribution is -2.54. The Morgan fingerprint density at radius 3 is 2.50 bits per heavy atom. The van der Waals surface area contributed by atoms with E-state index in [1.54, 1.807) is 0 Å².